The summed E-state index contributed by atoms with van der Waals surface area (Å²) in [5, 5.41) is 15.0. The zero-order valence-electron chi connectivity index (χ0n) is 11.5. The van der Waals surface area contributed by atoms with Crippen LogP contribution in [0.3, 0.4) is 0 Å². The van der Waals surface area contributed by atoms with Crippen LogP contribution in [0.5, 0.6) is 0 Å². The second-order valence-electron chi connectivity index (χ2n) is 5.84. The van der Waals surface area contributed by atoms with Crippen LogP contribution in [0.1, 0.15) is 46.5 Å². The first-order chi connectivity index (χ1) is 8.30. The van der Waals surface area contributed by atoms with E-state index in [0.29, 0.717) is 12.5 Å². The van der Waals surface area contributed by atoms with Gasteiger partial charge in [-0.2, -0.15) is 0 Å². The van der Waals surface area contributed by atoms with Gasteiger partial charge in [-0.15, -0.1) is 0 Å². The first-order valence-corrected chi connectivity index (χ1v) is 6.57. The average Bonchev–Trinajstić information content (AvgIpc) is 2.26. The van der Waals surface area contributed by atoms with E-state index in [-0.39, 0.29) is 18.2 Å². The molecule has 5 nitrogen and oxygen atoms in total. The lowest BCUT2D eigenvalue weighted by atomic mass is 9.90. The Morgan fingerprint density at radius 3 is 2.67 bits per heavy atom. The van der Waals surface area contributed by atoms with E-state index >= 15 is 0 Å². The van der Waals surface area contributed by atoms with Gasteiger partial charge in [-0.05, 0) is 46.6 Å². The Kier molecular flexibility index (Phi) is 5.14. The summed E-state index contributed by atoms with van der Waals surface area (Å²) in [6.45, 7) is 6.69. The van der Waals surface area contributed by atoms with Gasteiger partial charge in [-0.25, -0.2) is 0 Å². The van der Waals surface area contributed by atoms with E-state index in [2.05, 4.69) is 17.6 Å². The molecule has 0 spiro atoms. The Morgan fingerprint density at radius 2 is 2.11 bits per heavy atom. The molecule has 1 saturated heterocycles. The summed E-state index contributed by atoms with van der Waals surface area (Å²) in [6.07, 6.45) is 2.23. The largest absolute Gasteiger partial charge is 0.481 e. The molecule has 1 aliphatic rings. The van der Waals surface area contributed by atoms with Crippen molar-refractivity contribution >= 4 is 11.9 Å². The van der Waals surface area contributed by atoms with Crippen LogP contribution < -0.4 is 10.6 Å². The third-order valence-electron chi connectivity index (χ3n) is 3.42. The summed E-state index contributed by atoms with van der Waals surface area (Å²) in [5.41, 5.74) is -0.455. The van der Waals surface area contributed by atoms with Crippen LogP contribution in [0, 0.1) is 5.92 Å². The highest BCUT2D eigenvalue weighted by Crippen LogP contribution is 2.19. The predicted molar refractivity (Wildman–Crippen MR) is 69.3 cm³/mol. The highest BCUT2D eigenvalue weighted by atomic mass is 16.4. The van der Waals surface area contributed by atoms with Crippen molar-refractivity contribution in [3.63, 3.8) is 0 Å². The molecule has 1 fully saturated rings. The van der Waals surface area contributed by atoms with Gasteiger partial charge in [0, 0.05) is 23.9 Å². The number of carbonyl (C=O) groups excluding carboxylic acids is 1. The fourth-order valence-electron chi connectivity index (χ4n) is 2.29. The molecule has 3 N–H and O–H groups in total. The molecule has 2 unspecified atom stereocenters. The van der Waals surface area contributed by atoms with Crippen molar-refractivity contribution in [1.82, 2.24) is 10.6 Å². The number of hydrogen-bond acceptors (Lipinski definition) is 3. The number of aliphatic carboxylic acids is 1. The molecule has 5 heteroatoms. The molecule has 1 rings (SSSR count). The van der Waals surface area contributed by atoms with Crippen LogP contribution in [0.25, 0.3) is 0 Å². The van der Waals surface area contributed by atoms with Gasteiger partial charge in [0.25, 0.3) is 0 Å². The topological polar surface area (TPSA) is 78.4 Å². The van der Waals surface area contributed by atoms with Crippen molar-refractivity contribution in [2.75, 3.05) is 6.54 Å². The lowest BCUT2D eigenvalue weighted by Crippen LogP contribution is -2.49. The fraction of sp³-hybridized carbons (Fsp3) is 0.846. The fourth-order valence-corrected chi connectivity index (χ4v) is 2.29. The molecule has 18 heavy (non-hydrogen) atoms. The molecule has 0 aromatic rings. The number of rotatable bonds is 5. The van der Waals surface area contributed by atoms with Crippen LogP contribution in [0.4, 0.5) is 0 Å². The Morgan fingerprint density at radius 1 is 1.44 bits per heavy atom. The Balaban J connectivity index is 2.44. The Bertz CT molecular complexity index is 315. The molecule has 1 aliphatic heterocycles. The summed E-state index contributed by atoms with van der Waals surface area (Å²) < 4.78 is 0. The maximum Gasteiger partial charge on any atom is 0.303 e. The van der Waals surface area contributed by atoms with Gasteiger partial charge < -0.3 is 15.7 Å². The van der Waals surface area contributed by atoms with Gasteiger partial charge in [-0.1, -0.05) is 0 Å². The maximum absolute atomic E-state index is 12.1. The molecule has 2 atom stereocenters. The number of carbonyl (C=O) groups is 2. The number of amides is 1. The van der Waals surface area contributed by atoms with E-state index < -0.39 is 11.5 Å². The van der Waals surface area contributed by atoms with E-state index in [1.165, 1.54) is 0 Å². The van der Waals surface area contributed by atoms with Gasteiger partial charge in [-0.3, -0.25) is 9.59 Å². The van der Waals surface area contributed by atoms with E-state index in [0.717, 1.165) is 19.4 Å². The van der Waals surface area contributed by atoms with Crippen molar-refractivity contribution in [1.29, 1.82) is 0 Å². The quantitative estimate of drug-likeness (QED) is 0.689. The highest BCUT2D eigenvalue weighted by Gasteiger charge is 2.29. The molecule has 0 aliphatic carbocycles. The first kappa shape index (κ1) is 15.0. The van der Waals surface area contributed by atoms with Crippen LogP contribution >= 0.6 is 0 Å². The van der Waals surface area contributed by atoms with Crippen LogP contribution in [-0.4, -0.2) is 35.1 Å². The smallest absolute Gasteiger partial charge is 0.303 e. The third kappa shape index (κ3) is 5.04. The minimum Gasteiger partial charge on any atom is -0.481 e. The van der Waals surface area contributed by atoms with Gasteiger partial charge in [0.2, 0.25) is 5.91 Å². The maximum atomic E-state index is 12.1. The average molecular weight is 256 g/mol. The van der Waals surface area contributed by atoms with E-state index in [1.807, 2.05) is 13.8 Å². The highest BCUT2D eigenvalue weighted by molar-refractivity contribution is 5.79. The standard InChI is InChI=1S/C13H24N2O3/c1-9-8-10(5-7-14-9)12(18)15-13(2,3)6-4-11(16)17/h9-10,14H,4-8H2,1-3H3,(H,15,18)(H,16,17). The van der Waals surface area contributed by atoms with Crippen LogP contribution in [-0.2, 0) is 9.59 Å². The molecule has 1 amide bonds. The zero-order valence-corrected chi connectivity index (χ0v) is 11.5. The van der Waals surface area contributed by atoms with Gasteiger partial charge in [0.15, 0.2) is 0 Å². The molecule has 0 aromatic carbocycles. The monoisotopic (exact) mass is 256 g/mol. The van der Waals surface area contributed by atoms with Gasteiger partial charge >= 0.3 is 5.97 Å². The summed E-state index contributed by atoms with van der Waals surface area (Å²) in [7, 11) is 0. The van der Waals surface area contributed by atoms with Crippen LogP contribution in [0.15, 0.2) is 0 Å². The number of carboxylic acids is 1. The van der Waals surface area contributed by atoms with Crippen molar-refractivity contribution in [2.45, 2.75) is 58.0 Å². The first-order valence-electron chi connectivity index (χ1n) is 6.57. The number of carboxylic acid groups (broad SMARTS) is 1. The van der Waals surface area contributed by atoms with Crippen molar-refractivity contribution in [3.05, 3.63) is 0 Å². The summed E-state index contributed by atoms with van der Waals surface area (Å²) >= 11 is 0. The predicted octanol–water partition coefficient (Wildman–Crippen LogP) is 1.13. The minimum atomic E-state index is -0.826. The summed E-state index contributed by atoms with van der Waals surface area (Å²) in [5.74, 6) is -0.725. The molecule has 0 saturated carbocycles. The van der Waals surface area contributed by atoms with Crippen molar-refractivity contribution in [2.24, 2.45) is 5.92 Å². The number of hydrogen-bond donors (Lipinski definition) is 3. The molecular formula is C13H24N2O3. The summed E-state index contributed by atoms with van der Waals surface area (Å²) in [4.78, 5) is 22.7. The second kappa shape index (κ2) is 6.18. The molecule has 104 valence electrons. The second-order valence-corrected chi connectivity index (χ2v) is 5.84. The van der Waals surface area contributed by atoms with Gasteiger partial charge in [0.05, 0.1) is 0 Å². The van der Waals surface area contributed by atoms with Crippen molar-refractivity contribution in [3.8, 4) is 0 Å². The Hall–Kier alpha value is -1.10. The van der Waals surface area contributed by atoms with Crippen molar-refractivity contribution < 1.29 is 14.7 Å². The molecular weight excluding hydrogens is 232 g/mol. The summed E-state index contributed by atoms with van der Waals surface area (Å²) in [6, 6.07) is 0.372. The van der Waals surface area contributed by atoms with Gasteiger partial charge in [0.1, 0.15) is 0 Å². The molecule has 0 radical (unpaired) electrons. The van der Waals surface area contributed by atoms with E-state index in [9.17, 15) is 9.59 Å². The normalized spacial score (nSPS) is 24.6. The lowest BCUT2D eigenvalue weighted by molar-refractivity contribution is -0.138. The van der Waals surface area contributed by atoms with E-state index in [4.69, 9.17) is 5.11 Å². The molecule has 0 aromatic heterocycles. The number of piperidine rings is 1. The molecule has 1 heterocycles. The van der Waals surface area contributed by atoms with Crippen LogP contribution in [0.2, 0.25) is 0 Å². The Labute approximate surface area is 108 Å². The SMILES string of the molecule is CC1CC(C(=O)NC(C)(C)CCC(=O)O)CCN1. The number of nitrogens with one attached hydrogen (secondary N) is 2. The molecule has 0 bridgehead atoms. The zero-order chi connectivity index (χ0) is 13.8. The lowest BCUT2D eigenvalue weighted by Gasteiger charge is -2.32. The van der Waals surface area contributed by atoms with E-state index in [1.54, 1.807) is 0 Å². The minimum absolute atomic E-state index is 0.0466. The third-order valence-corrected chi connectivity index (χ3v) is 3.42.